The number of oxazole rings is 1. The van der Waals surface area contributed by atoms with E-state index in [-0.39, 0.29) is 12.3 Å². The SMILES string of the molecule is O=C(Cc1c[nH]c2ccc(Cl)cc12)Nc1ccc2oc(=O)[nH]c2c1. The Morgan fingerprint density at radius 3 is 2.92 bits per heavy atom. The van der Waals surface area contributed by atoms with Gasteiger partial charge in [-0.2, -0.15) is 0 Å². The number of aromatic amines is 2. The lowest BCUT2D eigenvalue weighted by molar-refractivity contribution is -0.115. The van der Waals surface area contributed by atoms with Gasteiger partial charge in [0.25, 0.3) is 0 Å². The highest BCUT2D eigenvalue weighted by atomic mass is 35.5. The number of fused-ring (bicyclic) bond motifs is 2. The lowest BCUT2D eigenvalue weighted by atomic mass is 10.1. The Morgan fingerprint density at radius 2 is 2.04 bits per heavy atom. The van der Waals surface area contributed by atoms with Crippen LogP contribution in [0.5, 0.6) is 0 Å². The largest absolute Gasteiger partial charge is 0.417 e. The van der Waals surface area contributed by atoms with E-state index < -0.39 is 5.76 Å². The van der Waals surface area contributed by atoms with E-state index in [1.807, 2.05) is 12.1 Å². The van der Waals surface area contributed by atoms with Crippen molar-refractivity contribution in [1.82, 2.24) is 9.97 Å². The van der Waals surface area contributed by atoms with E-state index in [2.05, 4.69) is 15.3 Å². The molecule has 2 aromatic heterocycles. The Morgan fingerprint density at radius 1 is 1.17 bits per heavy atom. The average Bonchev–Trinajstić information content (AvgIpc) is 3.09. The van der Waals surface area contributed by atoms with Gasteiger partial charge in [-0.1, -0.05) is 11.6 Å². The number of H-pyrrole nitrogens is 2. The van der Waals surface area contributed by atoms with Gasteiger partial charge >= 0.3 is 5.76 Å². The van der Waals surface area contributed by atoms with E-state index in [0.717, 1.165) is 16.5 Å². The number of nitrogens with one attached hydrogen (secondary N) is 3. The summed E-state index contributed by atoms with van der Waals surface area (Å²) in [5.41, 5.74) is 3.37. The van der Waals surface area contributed by atoms with Gasteiger partial charge in [-0.05, 0) is 42.0 Å². The van der Waals surface area contributed by atoms with Crippen LogP contribution in [0.1, 0.15) is 5.56 Å². The van der Waals surface area contributed by atoms with Crippen LogP contribution >= 0.6 is 11.6 Å². The van der Waals surface area contributed by atoms with Gasteiger partial charge in [0.1, 0.15) is 0 Å². The van der Waals surface area contributed by atoms with E-state index in [0.29, 0.717) is 21.8 Å². The molecule has 4 rings (SSSR count). The standard InChI is InChI=1S/C17H12ClN3O3/c18-10-1-3-13-12(6-10)9(8-19-13)5-16(22)20-11-2-4-15-14(7-11)21-17(23)24-15/h1-4,6-8,19H,5H2,(H,20,22)(H,21,23). The summed E-state index contributed by atoms with van der Waals surface area (Å²) < 4.78 is 4.93. The zero-order chi connectivity index (χ0) is 16.7. The predicted octanol–water partition coefficient (Wildman–Crippen LogP) is 3.44. The van der Waals surface area contributed by atoms with E-state index in [1.54, 1.807) is 30.5 Å². The second-order valence-electron chi connectivity index (χ2n) is 5.45. The topological polar surface area (TPSA) is 90.9 Å². The molecule has 0 spiro atoms. The quantitative estimate of drug-likeness (QED) is 0.533. The van der Waals surface area contributed by atoms with E-state index in [4.69, 9.17) is 16.0 Å². The van der Waals surface area contributed by atoms with Crippen LogP contribution < -0.4 is 11.1 Å². The highest BCUT2D eigenvalue weighted by Crippen LogP contribution is 2.23. The number of hydrogen-bond acceptors (Lipinski definition) is 3. The lowest BCUT2D eigenvalue weighted by Gasteiger charge is -2.05. The normalized spacial score (nSPS) is 11.2. The second-order valence-corrected chi connectivity index (χ2v) is 5.89. The summed E-state index contributed by atoms with van der Waals surface area (Å²) in [5, 5.41) is 4.36. The maximum absolute atomic E-state index is 12.3. The van der Waals surface area contributed by atoms with E-state index >= 15 is 0 Å². The van der Waals surface area contributed by atoms with Gasteiger partial charge in [-0.25, -0.2) is 4.79 Å². The molecule has 4 aromatic rings. The van der Waals surface area contributed by atoms with Crippen molar-refractivity contribution in [3.05, 3.63) is 63.7 Å². The fourth-order valence-electron chi connectivity index (χ4n) is 2.70. The van der Waals surface area contributed by atoms with Crippen LogP contribution in [0.15, 0.2) is 51.8 Å². The molecule has 0 aliphatic rings. The molecule has 3 N–H and O–H groups in total. The molecule has 0 saturated heterocycles. The van der Waals surface area contributed by atoms with Crippen molar-refractivity contribution in [2.45, 2.75) is 6.42 Å². The van der Waals surface area contributed by atoms with Crippen molar-refractivity contribution >= 4 is 45.2 Å². The third-order valence-electron chi connectivity index (χ3n) is 3.78. The first-order valence-electron chi connectivity index (χ1n) is 7.27. The highest BCUT2D eigenvalue weighted by Gasteiger charge is 2.10. The zero-order valence-corrected chi connectivity index (χ0v) is 13.1. The van der Waals surface area contributed by atoms with Crippen LogP contribution in [-0.4, -0.2) is 15.9 Å². The van der Waals surface area contributed by atoms with Crippen molar-refractivity contribution in [1.29, 1.82) is 0 Å². The zero-order valence-electron chi connectivity index (χ0n) is 12.4. The first-order valence-corrected chi connectivity index (χ1v) is 7.64. The second kappa shape index (κ2) is 5.58. The van der Waals surface area contributed by atoms with Gasteiger partial charge in [0.05, 0.1) is 11.9 Å². The minimum atomic E-state index is -0.524. The van der Waals surface area contributed by atoms with E-state index in [9.17, 15) is 9.59 Å². The Labute approximate surface area is 140 Å². The Kier molecular flexibility index (Phi) is 3.39. The summed E-state index contributed by atoms with van der Waals surface area (Å²) in [6.45, 7) is 0. The number of halogens is 1. The number of carbonyl (C=O) groups excluding carboxylic acids is 1. The molecular formula is C17H12ClN3O3. The fourth-order valence-corrected chi connectivity index (χ4v) is 2.88. The maximum Gasteiger partial charge on any atom is 0.417 e. The highest BCUT2D eigenvalue weighted by molar-refractivity contribution is 6.31. The fraction of sp³-hybridized carbons (Fsp3) is 0.0588. The molecule has 0 radical (unpaired) electrons. The molecule has 0 bridgehead atoms. The summed E-state index contributed by atoms with van der Waals surface area (Å²) in [6.07, 6.45) is 2.01. The third-order valence-corrected chi connectivity index (χ3v) is 4.02. The Bertz CT molecular complexity index is 1120. The lowest BCUT2D eigenvalue weighted by Crippen LogP contribution is -2.14. The average molecular weight is 342 g/mol. The third kappa shape index (κ3) is 2.68. The molecular weight excluding hydrogens is 330 g/mol. The molecule has 2 aromatic carbocycles. The van der Waals surface area contributed by atoms with E-state index in [1.165, 1.54) is 0 Å². The minimum Gasteiger partial charge on any atom is -0.408 e. The number of aromatic nitrogens is 2. The van der Waals surface area contributed by atoms with Crippen molar-refractivity contribution in [3.63, 3.8) is 0 Å². The van der Waals surface area contributed by atoms with Gasteiger partial charge in [-0.15, -0.1) is 0 Å². The minimum absolute atomic E-state index is 0.166. The predicted molar refractivity (Wildman–Crippen MR) is 92.5 cm³/mol. The van der Waals surface area contributed by atoms with Crippen molar-refractivity contribution in [2.75, 3.05) is 5.32 Å². The van der Waals surface area contributed by atoms with Crippen LogP contribution in [0.25, 0.3) is 22.0 Å². The number of amides is 1. The summed E-state index contributed by atoms with van der Waals surface area (Å²) in [6, 6.07) is 10.5. The molecule has 0 atom stereocenters. The molecule has 7 heteroatoms. The molecule has 2 heterocycles. The molecule has 24 heavy (non-hydrogen) atoms. The Hall–Kier alpha value is -2.99. The van der Waals surface area contributed by atoms with Crippen LogP contribution in [-0.2, 0) is 11.2 Å². The van der Waals surface area contributed by atoms with Crippen LogP contribution in [0.3, 0.4) is 0 Å². The summed E-state index contributed by atoms with van der Waals surface area (Å²) in [5.74, 6) is -0.690. The van der Waals surface area contributed by atoms with Gasteiger partial charge < -0.3 is 14.7 Å². The van der Waals surface area contributed by atoms with Gasteiger partial charge in [0.15, 0.2) is 5.58 Å². The number of hydrogen-bond donors (Lipinski definition) is 3. The van der Waals surface area contributed by atoms with Gasteiger partial charge in [-0.3, -0.25) is 9.78 Å². The first-order chi connectivity index (χ1) is 11.6. The van der Waals surface area contributed by atoms with Crippen molar-refractivity contribution in [2.24, 2.45) is 0 Å². The maximum atomic E-state index is 12.3. The molecule has 6 nitrogen and oxygen atoms in total. The smallest absolute Gasteiger partial charge is 0.408 e. The van der Waals surface area contributed by atoms with Gasteiger partial charge in [0.2, 0.25) is 5.91 Å². The molecule has 120 valence electrons. The number of benzene rings is 2. The van der Waals surface area contributed by atoms with Gasteiger partial charge in [0, 0.05) is 27.8 Å². The number of rotatable bonds is 3. The summed E-state index contributed by atoms with van der Waals surface area (Å²) in [4.78, 5) is 29.1. The summed E-state index contributed by atoms with van der Waals surface area (Å²) in [7, 11) is 0. The molecule has 0 saturated carbocycles. The summed E-state index contributed by atoms with van der Waals surface area (Å²) >= 11 is 6.02. The first kappa shape index (κ1) is 14.6. The van der Waals surface area contributed by atoms with Crippen LogP contribution in [0.4, 0.5) is 5.69 Å². The molecule has 0 unspecified atom stereocenters. The van der Waals surface area contributed by atoms with Crippen molar-refractivity contribution in [3.8, 4) is 0 Å². The van der Waals surface area contributed by atoms with Crippen LogP contribution in [0.2, 0.25) is 5.02 Å². The molecule has 0 fully saturated rings. The number of anilines is 1. The monoisotopic (exact) mass is 341 g/mol. The number of carbonyl (C=O) groups is 1. The molecule has 1 amide bonds. The van der Waals surface area contributed by atoms with Crippen LogP contribution in [0, 0.1) is 0 Å². The Balaban J connectivity index is 1.56. The molecule has 0 aliphatic carbocycles. The molecule has 0 aliphatic heterocycles. The van der Waals surface area contributed by atoms with Crippen molar-refractivity contribution < 1.29 is 9.21 Å².